The van der Waals surface area contributed by atoms with Crippen molar-refractivity contribution in [3.05, 3.63) is 94.0 Å². The molecule has 0 amide bonds. The van der Waals surface area contributed by atoms with Crippen molar-refractivity contribution < 1.29 is 9.21 Å². The monoisotopic (exact) mass is 368 g/mol. The Morgan fingerprint density at radius 2 is 1.79 bits per heavy atom. The standard InChI is InChI=1S/C23H16N2O3/c24-14-15-12-17(22-21(13-15)28-23(27)25-22)10-11-20(26)19-9-5-4-8-18(19)16-6-2-1-3-7-16/h1-9,12-13H,10-11H2,(H,25,27). The summed E-state index contributed by atoms with van der Waals surface area (Å²) < 4.78 is 5.07. The third kappa shape index (κ3) is 3.36. The van der Waals surface area contributed by atoms with E-state index >= 15 is 0 Å². The van der Waals surface area contributed by atoms with Crippen molar-refractivity contribution in [1.82, 2.24) is 4.98 Å². The Hall–Kier alpha value is -3.91. The van der Waals surface area contributed by atoms with Gasteiger partial charge in [0.2, 0.25) is 0 Å². The first-order valence-corrected chi connectivity index (χ1v) is 8.89. The number of aromatic nitrogens is 1. The number of H-pyrrole nitrogens is 1. The van der Waals surface area contributed by atoms with E-state index in [0.717, 1.165) is 11.1 Å². The van der Waals surface area contributed by atoms with Crippen LogP contribution in [0.3, 0.4) is 0 Å². The normalized spacial score (nSPS) is 10.7. The molecule has 136 valence electrons. The van der Waals surface area contributed by atoms with E-state index in [1.807, 2.05) is 54.6 Å². The number of aryl methyl sites for hydroxylation is 1. The van der Waals surface area contributed by atoms with Gasteiger partial charge in [0.15, 0.2) is 11.4 Å². The first kappa shape index (κ1) is 17.5. The zero-order valence-electron chi connectivity index (χ0n) is 14.9. The lowest BCUT2D eigenvalue weighted by Crippen LogP contribution is -2.04. The average Bonchev–Trinajstić information content (AvgIpc) is 3.12. The number of Topliss-reactive ketones (excluding diaryl/α,β-unsaturated/α-hetero) is 1. The highest BCUT2D eigenvalue weighted by atomic mass is 16.4. The quantitative estimate of drug-likeness (QED) is 0.526. The van der Waals surface area contributed by atoms with Crippen LogP contribution in [0, 0.1) is 11.3 Å². The summed E-state index contributed by atoms with van der Waals surface area (Å²) >= 11 is 0. The van der Waals surface area contributed by atoms with E-state index in [9.17, 15) is 14.9 Å². The Balaban J connectivity index is 1.64. The van der Waals surface area contributed by atoms with Gasteiger partial charge in [-0.15, -0.1) is 0 Å². The highest BCUT2D eigenvalue weighted by Gasteiger charge is 2.15. The Kier molecular flexibility index (Phi) is 4.61. The molecule has 0 unspecified atom stereocenters. The molecule has 5 heteroatoms. The number of nitriles is 1. The van der Waals surface area contributed by atoms with Gasteiger partial charge < -0.3 is 4.42 Å². The molecular formula is C23H16N2O3. The van der Waals surface area contributed by atoms with Gasteiger partial charge in [-0.3, -0.25) is 9.78 Å². The fraction of sp³-hybridized carbons (Fsp3) is 0.0870. The summed E-state index contributed by atoms with van der Waals surface area (Å²) in [7, 11) is 0. The second-order valence-electron chi connectivity index (χ2n) is 6.47. The van der Waals surface area contributed by atoms with Crippen molar-refractivity contribution in [2.75, 3.05) is 0 Å². The molecule has 0 bridgehead atoms. The molecule has 28 heavy (non-hydrogen) atoms. The zero-order chi connectivity index (χ0) is 19.5. The highest BCUT2D eigenvalue weighted by molar-refractivity contribution is 6.02. The molecule has 0 saturated heterocycles. The van der Waals surface area contributed by atoms with E-state index < -0.39 is 5.76 Å². The summed E-state index contributed by atoms with van der Waals surface area (Å²) in [6.07, 6.45) is 0.643. The first-order valence-electron chi connectivity index (χ1n) is 8.89. The number of ketones is 1. The van der Waals surface area contributed by atoms with Crippen LogP contribution in [0.2, 0.25) is 0 Å². The third-order valence-electron chi connectivity index (χ3n) is 4.68. The molecule has 4 rings (SSSR count). The third-order valence-corrected chi connectivity index (χ3v) is 4.68. The smallest absolute Gasteiger partial charge is 0.408 e. The maximum absolute atomic E-state index is 12.9. The van der Waals surface area contributed by atoms with Gasteiger partial charge in [0, 0.05) is 18.1 Å². The number of oxazole rings is 1. The van der Waals surface area contributed by atoms with Gasteiger partial charge in [0.1, 0.15) is 0 Å². The molecule has 0 aliphatic carbocycles. The van der Waals surface area contributed by atoms with Crippen molar-refractivity contribution in [1.29, 1.82) is 5.26 Å². The molecule has 3 aromatic carbocycles. The van der Waals surface area contributed by atoms with Crippen LogP contribution in [-0.2, 0) is 6.42 Å². The Labute approximate surface area is 160 Å². The molecule has 1 aromatic heterocycles. The molecule has 0 radical (unpaired) electrons. The molecule has 1 heterocycles. The molecule has 0 aliphatic rings. The first-order chi connectivity index (χ1) is 13.7. The van der Waals surface area contributed by atoms with Gasteiger partial charge in [-0.25, -0.2) is 4.79 Å². The van der Waals surface area contributed by atoms with E-state index in [4.69, 9.17) is 4.42 Å². The lowest BCUT2D eigenvalue weighted by atomic mass is 9.94. The van der Waals surface area contributed by atoms with Gasteiger partial charge >= 0.3 is 5.76 Å². The summed E-state index contributed by atoms with van der Waals surface area (Å²) in [5.74, 6) is -0.576. The van der Waals surface area contributed by atoms with E-state index in [1.165, 1.54) is 6.07 Å². The van der Waals surface area contributed by atoms with E-state index in [-0.39, 0.29) is 12.2 Å². The summed E-state index contributed by atoms with van der Waals surface area (Å²) in [5.41, 5.74) is 4.50. The average molecular weight is 368 g/mol. The van der Waals surface area contributed by atoms with Gasteiger partial charge in [0.25, 0.3) is 0 Å². The largest absolute Gasteiger partial charge is 0.417 e. The lowest BCUT2D eigenvalue weighted by Gasteiger charge is -2.09. The van der Waals surface area contributed by atoms with Crippen LogP contribution >= 0.6 is 0 Å². The second kappa shape index (κ2) is 7.37. The van der Waals surface area contributed by atoms with Crippen LogP contribution < -0.4 is 5.76 Å². The second-order valence-corrected chi connectivity index (χ2v) is 6.47. The minimum Gasteiger partial charge on any atom is -0.408 e. The number of benzene rings is 3. The lowest BCUT2D eigenvalue weighted by molar-refractivity contribution is 0.0983. The fourth-order valence-corrected chi connectivity index (χ4v) is 3.36. The molecule has 0 saturated carbocycles. The number of nitrogens with one attached hydrogen (secondary N) is 1. The van der Waals surface area contributed by atoms with Gasteiger partial charge in [0.05, 0.1) is 17.1 Å². The minimum absolute atomic E-state index is 0.000746. The molecule has 0 atom stereocenters. The van der Waals surface area contributed by atoms with Crippen LogP contribution in [0.15, 0.2) is 75.9 Å². The summed E-state index contributed by atoms with van der Waals surface area (Å²) in [6, 6.07) is 22.5. The molecular weight excluding hydrogens is 352 g/mol. The number of aromatic amines is 1. The predicted molar refractivity (Wildman–Crippen MR) is 106 cm³/mol. The molecule has 0 fully saturated rings. The topological polar surface area (TPSA) is 86.9 Å². The number of rotatable bonds is 5. The van der Waals surface area contributed by atoms with Crippen LogP contribution in [0.5, 0.6) is 0 Å². The molecule has 0 spiro atoms. The summed E-state index contributed by atoms with van der Waals surface area (Å²) in [5, 5.41) is 9.20. The molecule has 4 aromatic rings. The number of carbonyl (C=O) groups is 1. The number of carbonyl (C=O) groups excluding carboxylic acids is 1. The van der Waals surface area contributed by atoms with Crippen molar-refractivity contribution in [2.24, 2.45) is 0 Å². The number of hydrogen-bond donors (Lipinski definition) is 1. The van der Waals surface area contributed by atoms with Crippen LogP contribution in [0.1, 0.15) is 27.9 Å². The van der Waals surface area contributed by atoms with Crippen molar-refractivity contribution in [2.45, 2.75) is 12.8 Å². The summed E-state index contributed by atoms with van der Waals surface area (Å²) in [4.78, 5) is 27.1. The zero-order valence-corrected chi connectivity index (χ0v) is 14.9. The fourth-order valence-electron chi connectivity index (χ4n) is 3.36. The van der Waals surface area contributed by atoms with Gasteiger partial charge in [-0.1, -0.05) is 54.6 Å². The van der Waals surface area contributed by atoms with Crippen LogP contribution in [0.25, 0.3) is 22.2 Å². The van der Waals surface area contributed by atoms with E-state index in [0.29, 0.717) is 34.2 Å². The van der Waals surface area contributed by atoms with Crippen molar-refractivity contribution in [3.63, 3.8) is 0 Å². The summed E-state index contributed by atoms with van der Waals surface area (Å²) in [6.45, 7) is 0. The van der Waals surface area contributed by atoms with Crippen LogP contribution in [0.4, 0.5) is 0 Å². The minimum atomic E-state index is -0.577. The number of nitrogens with zero attached hydrogens (tertiary/aromatic N) is 1. The number of hydrogen-bond acceptors (Lipinski definition) is 4. The Morgan fingerprint density at radius 3 is 2.57 bits per heavy atom. The van der Waals surface area contributed by atoms with Crippen molar-refractivity contribution in [3.8, 4) is 17.2 Å². The Bertz CT molecular complexity index is 1260. The van der Waals surface area contributed by atoms with E-state index in [2.05, 4.69) is 11.1 Å². The van der Waals surface area contributed by atoms with Crippen molar-refractivity contribution >= 4 is 16.9 Å². The maximum Gasteiger partial charge on any atom is 0.417 e. The van der Waals surface area contributed by atoms with Gasteiger partial charge in [-0.05, 0) is 29.2 Å². The molecule has 1 N–H and O–H groups in total. The van der Waals surface area contributed by atoms with E-state index in [1.54, 1.807) is 6.07 Å². The molecule has 0 aliphatic heterocycles. The molecule has 5 nitrogen and oxygen atoms in total. The van der Waals surface area contributed by atoms with Gasteiger partial charge in [-0.2, -0.15) is 5.26 Å². The highest BCUT2D eigenvalue weighted by Crippen LogP contribution is 2.26. The van der Waals surface area contributed by atoms with Crippen LogP contribution in [-0.4, -0.2) is 10.8 Å². The Morgan fingerprint density at radius 1 is 1.04 bits per heavy atom. The maximum atomic E-state index is 12.9. The number of fused-ring (bicyclic) bond motifs is 1. The predicted octanol–water partition coefficient (Wildman–Crippen LogP) is 4.48. The SMILES string of the molecule is N#Cc1cc(CCC(=O)c2ccccc2-c2ccccc2)c2[nH]c(=O)oc2c1.